The van der Waals surface area contributed by atoms with Gasteiger partial charge in [0.2, 0.25) is 11.7 Å². The largest absolute Gasteiger partial charge is 0.493 e. The molecule has 1 aliphatic heterocycles. The zero-order valence-electron chi connectivity index (χ0n) is 16.1. The van der Waals surface area contributed by atoms with Gasteiger partial charge in [0, 0.05) is 35.9 Å². The highest BCUT2D eigenvalue weighted by Gasteiger charge is 2.31. The molecule has 1 saturated heterocycles. The minimum atomic E-state index is -0.408. The van der Waals surface area contributed by atoms with Gasteiger partial charge in [0.05, 0.1) is 34.5 Å². The SMILES string of the molecule is CCOC(=O)C1CSCCN1CC(=O)Nc1cc(OC)c(OC)c(OC)c1. The van der Waals surface area contributed by atoms with E-state index < -0.39 is 6.04 Å². The molecule has 8 nitrogen and oxygen atoms in total. The molecule has 2 rings (SSSR count). The Balaban J connectivity index is 2.09. The zero-order chi connectivity index (χ0) is 19.8. The topological polar surface area (TPSA) is 86.3 Å². The summed E-state index contributed by atoms with van der Waals surface area (Å²) in [6, 6.07) is 2.91. The van der Waals surface area contributed by atoms with Crippen LogP contribution in [-0.4, -0.2) is 75.3 Å². The van der Waals surface area contributed by atoms with Crippen molar-refractivity contribution in [1.82, 2.24) is 4.90 Å². The van der Waals surface area contributed by atoms with Crippen molar-refractivity contribution in [2.45, 2.75) is 13.0 Å². The molecular weight excluding hydrogens is 372 g/mol. The van der Waals surface area contributed by atoms with Crippen LogP contribution in [0.2, 0.25) is 0 Å². The molecule has 1 fully saturated rings. The molecule has 1 aromatic carbocycles. The molecular formula is C18H26N2O6S. The van der Waals surface area contributed by atoms with Crippen molar-refractivity contribution in [3.05, 3.63) is 12.1 Å². The van der Waals surface area contributed by atoms with Gasteiger partial charge in [-0.3, -0.25) is 14.5 Å². The van der Waals surface area contributed by atoms with Gasteiger partial charge in [0.25, 0.3) is 0 Å². The van der Waals surface area contributed by atoms with Gasteiger partial charge in [-0.15, -0.1) is 0 Å². The lowest BCUT2D eigenvalue weighted by Gasteiger charge is -2.32. The summed E-state index contributed by atoms with van der Waals surface area (Å²) in [5.74, 6) is 2.32. The van der Waals surface area contributed by atoms with E-state index in [9.17, 15) is 9.59 Å². The van der Waals surface area contributed by atoms with Crippen LogP contribution in [0.5, 0.6) is 17.2 Å². The van der Waals surface area contributed by atoms with Gasteiger partial charge in [0.15, 0.2) is 11.5 Å². The van der Waals surface area contributed by atoms with Crippen LogP contribution in [-0.2, 0) is 14.3 Å². The van der Waals surface area contributed by atoms with Gasteiger partial charge in [-0.2, -0.15) is 11.8 Å². The third-order valence-electron chi connectivity index (χ3n) is 4.09. The van der Waals surface area contributed by atoms with E-state index in [1.54, 1.807) is 30.8 Å². The lowest BCUT2D eigenvalue weighted by atomic mass is 10.2. The number of ether oxygens (including phenoxy) is 4. The Morgan fingerprint density at radius 1 is 1.19 bits per heavy atom. The molecule has 0 aliphatic carbocycles. The van der Waals surface area contributed by atoms with Crippen LogP contribution < -0.4 is 19.5 Å². The fourth-order valence-electron chi connectivity index (χ4n) is 2.82. The zero-order valence-corrected chi connectivity index (χ0v) is 16.9. The molecule has 0 radical (unpaired) electrons. The second kappa shape index (κ2) is 10.3. The molecule has 9 heteroatoms. The lowest BCUT2D eigenvalue weighted by molar-refractivity contribution is -0.148. The van der Waals surface area contributed by atoms with E-state index in [0.717, 1.165) is 5.75 Å². The van der Waals surface area contributed by atoms with Gasteiger partial charge < -0.3 is 24.3 Å². The van der Waals surface area contributed by atoms with Crippen molar-refractivity contribution >= 4 is 29.3 Å². The Kier molecular flexibility index (Phi) is 8.05. The first kappa shape index (κ1) is 21.2. The van der Waals surface area contributed by atoms with Crippen molar-refractivity contribution in [3.8, 4) is 17.2 Å². The van der Waals surface area contributed by atoms with Crippen LogP contribution in [0.15, 0.2) is 12.1 Å². The summed E-state index contributed by atoms with van der Waals surface area (Å²) >= 11 is 1.68. The van der Waals surface area contributed by atoms with Crippen molar-refractivity contribution in [1.29, 1.82) is 0 Å². The van der Waals surface area contributed by atoms with Crippen LogP contribution in [0.3, 0.4) is 0 Å². The highest BCUT2D eigenvalue weighted by molar-refractivity contribution is 7.99. The molecule has 0 spiro atoms. The van der Waals surface area contributed by atoms with Crippen LogP contribution in [0.25, 0.3) is 0 Å². The number of hydrogen-bond acceptors (Lipinski definition) is 8. The predicted octanol–water partition coefficient (Wildman–Crippen LogP) is 1.63. The van der Waals surface area contributed by atoms with Crippen molar-refractivity contribution in [2.75, 3.05) is 57.8 Å². The third kappa shape index (κ3) is 5.43. The molecule has 0 bridgehead atoms. The summed E-state index contributed by atoms with van der Waals surface area (Å²) < 4.78 is 21.0. The fraction of sp³-hybridized carbons (Fsp3) is 0.556. The van der Waals surface area contributed by atoms with E-state index in [1.165, 1.54) is 21.3 Å². The number of anilines is 1. The van der Waals surface area contributed by atoms with Crippen molar-refractivity contribution < 1.29 is 28.5 Å². The number of benzene rings is 1. The number of rotatable bonds is 8. The number of nitrogens with zero attached hydrogens (tertiary/aromatic N) is 1. The number of amides is 1. The quantitative estimate of drug-likeness (QED) is 0.662. The Bertz CT molecular complexity index is 644. The first-order chi connectivity index (χ1) is 13.0. The molecule has 0 aromatic heterocycles. The van der Waals surface area contributed by atoms with Crippen LogP contribution in [0, 0.1) is 0 Å². The van der Waals surface area contributed by atoms with Crippen LogP contribution in [0.4, 0.5) is 5.69 Å². The Morgan fingerprint density at radius 2 is 1.85 bits per heavy atom. The van der Waals surface area contributed by atoms with Crippen molar-refractivity contribution in [2.24, 2.45) is 0 Å². The summed E-state index contributed by atoms with van der Waals surface area (Å²) in [6.45, 7) is 2.85. The molecule has 1 heterocycles. The second-order valence-corrected chi connectivity index (χ2v) is 6.93. The summed E-state index contributed by atoms with van der Waals surface area (Å²) in [6.07, 6.45) is 0. The average Bonchev–Trinajstić information content (AvgIpc) is 2.67. The fourth-order valence-corrected chi connectivity index (χ4v) is 3.92. The highest BCUT2D eigenvalue weighted by Crippen LogP contribution is 2.39. The van der Waals surface area contributed by atoms with Gasteiger partial charge in [-0.05, 0) is 6.92 Å². The molecule has 1 N–H and O–H groups in total. The number of esters is 1. The molecule has 1 aliphatic rings. The average molecular weight is 398 g/mol. The number of carbonyl (C=O) groups is 2. The molecule has 1 aromatic rings. The molecule has 27 heavy (non-hydrogen) atoms. The van der Waals surface area contributed by atoms with Gasteiger partial charge in [0.1, 0.15) is 6.04 Å². The smallest absolute Gasteiger partial charge is 0.324 e. The lowest BCUT2D eigenvalue weighted by Crippen LogP contribution is -2.50. The number of carbonyl (C=O) groups excluding carboxylic acids is 2. The standard InChI is InChI=1S/C18H26N2O6S/c1-5-26-18(22)13-11-27-7-6-20(13)10-16(21)19-12-8-14(23-2)17(25-4)15(9-12)24-3/h8-9,13H,5-7,10-11H2,1-4H3,(H,19,21). The van der Waals surface area contributed by atoms with Gasteiger partial charge >= 0.3 is 5.97 Å². The first-order valence-electron chi connectivity index (χ1n) is 8.62. The van der Waals surface area contributed by atoms with E-state index in [2.05, 4.69) is 5.32 Å². The number of methoxy groups -OCH3 is 3. The monoisotopic (exact) mass is 398 g/mol. The Hall–Kier alpha value is -2.13. The van der Waals surface area contributed by atoms with E-state index >= 15 is 0 Å². The second-order valence-electron chi connectivity index (χ2n) is 5.78. The van der Waals surface area contributed by atoms with Crippen LogP contribution in [0.1, 0.15) is 6.92 Å². The summed E-state index contributed by atoms with van der Waals surface area (Å²) in [4.78, 5) is 26.5. The van der Waals surface area contributed by atoms with Crippen LogP contribution >= 0.6 is 11.8 Å². The van der Waals surface area contributed by atoms with Gasteiger partial charge in [-0.25, -0.2) is 0 Å². The van der Waals surface area contributed by atoms with E-state index in [4.69, 9.17) is 18.9 Å². The first-order valence-corrected chi connectivity index (χ1v) is 9.77. The molecule has 1 amide bonds. The van der Waals surface area contributed by atoms with Crippen molar-refractivity contribution in [3.63, 3.8) is 0 Å². The van der Waals surface area contributed by atoms with E-state index in [1.807, 2.05) is 4.90 Å². The minimum Gasteiger partial charge on any atom is -0.493 e. The Morgan fingerprint density at radius 3 is 2.41 bits per heavy atom. The molecule has 1 unspecified atom stereocenters. The molecule has 150 valence electrons. The maximum Gasteiger partial charge on any atom is 0.324 e. The summed E-state index contributed by atoms with van der Waals surface area (Å²) in [5.41, 5.74) is 0.522. The van der Waals surface area contributed by atoms with Gasteiger partial charge in [-0.1, -0.05) is 0 Å². The molecule has 0 saturated carbocycles. The van der Waals surface area contributed by atoms with E-state index in [0.29, 0.717) is 41.8 Å². The maximum atomic E-state index is 12.5. The maximum absolute atomic E-state index is 12.5. The Labute approximate surface area is 163 Å². The normalized spacial score (nSPS) is 17.1. The molecule has 1 atom stereocenters. The predicted molar refractivity (Wildman–Crippen MR) is 104 cm³/mol. The highest BCUT2D eigenvalue weighted by atomic mass is 32.2. The number of nitrogens with one attached hydrogen (secondary N) is 1. The number of hydrogen-bond donors (Lipinski definition) is 1. The summed E-state index contributed by atoms with van der Waals surface area (Å²) in [5, 5.41) is 2.83. The van der Waals surface area contributed by atoms with E-state index in [-0.39, 0.29) is 18.4 Å². The minimum absolute atomic E-state index is 0.0979. The third-order valence-corrected chi connectivity index (χ3v) is 5.12. The number of thioether (sulfide) groups is 1. The summed E-state index contributed by atoms with van der Waals surface area (Å²) in [7, 11) is 4.54.